The van der Waals surface area contributed by atoms with Crippen molar-refractivity contribution in [2.75, 3.05) is 11.6 Å². The Bertz CT molecular complexity index is 1390. The second kappa shape index (κ2) is 10.0. The molecule has 0 radical (unpaired) electrons. The zero-order valence-electron chi connectivity index (χ0n) is 19.5. The fraction of sp³-hybridized carbons (Fsp3) is 0.179. The Morgan fingerprint density at radius 2 is 1.86 bits per heavy atom. The van der Waals surface area contributed by atoms with Gasteiger partial charge in [-0.15, -0.1) is 0 Å². The molecule has 2 aromatic carbocycles. The summed E-state index contributed by atoms with van der Waals surface area (Å²) in [5, 5.41) is 20.9. The van der Waals surface area contributed by atoms with Gasteiger partial charge in [0.15, 0.2) is 0 Å². The van der Waals surface area contributed by atoms with E-state index in [2.05, 4.69) is 15.4 Å². The number of nitrogens with zero attached hydrogens (tertiary/aromatic N) is 4. The van der Waals surface area contributed by atoms with Gasteiger partial charge in [0, 0.05) is 54.7 Å². The van der Waals surface area contributed by atoms with Crippen LogP contribution in [0.4, 0.5) is 5.69 Å². The van der Waals surface area contributed by atoms with Gasteiger partial charge in [-0.2, -0.15) is 10.1 Å². The number of fused-ring (bicyclic) bond motifs is 1. The number of pyridine rings is 1. The number of anilines is 1. The SMILES string of the molecule is CC1=NN(c2ccccc2)C(=O)C1=Cc1cn(CC(O)CNCc2cccnc2)c2ccccc12. The van der Waals surface area contributed by atoms with Crippen LogP contribution in [0.1, 0.15) is 18.1 Å². The molecule has 7 nitrogen and oxygen atoms in total. The summed E-state index contributed by atoms with van der Waals surface area (Å²) in [4.78, 5) is 17.3. The molecule has 0 fully saturated rings. The molecular formula is C28H27N5O2. The van der Waals surface area contributed by atoms with Crippen LogP contribution in [-0.2, 0) is 17.9 Å². The van der Waals surface area contributed by atoms with E-state index in [0.29, 0.717) is 30.9 Å². The van der Waals surface area contributed by atoms with E-state index in [1.807, 2.05) is 96.7 Å². The van der Waals surface area contributed by atoms with Crippen LogP contribution in [0, 0.1) is 0 Å². The lowest BCUT2D eigenvalue weighted by molar-refractivity contribution is -0.114. The molecular weight excluding hydrogens is 438 g/mol. The third kappa shape index (κ3) is 4.91. The average Bonchev–Trinajstić information content (AvgIpc) is 3.37. The molecule has 176 valence electrons. The molecule has 1 unspecified atom stereocenters. The van der Waals surface area contributed by atoms with Crippen LogP contribution in [0.25, 0.3) is 17.0 Å². The zero-order valence-corrected chi connectivity index (χ0v) is 19.5. The molecule has 0 spiro atoms. The fourth-order valence-electron chi connectivity index (χ4n) is 4.30. The Balaban J connectivity index is 1.35. The third-order valence-electron chi connectivity index (χ3n) is 6.02. The molecule has 4 aromatic rings. The van der Waals surface area contributed by atoms with Gasteiger partial charge in [-0.25, -0.2) is 0 Å². The number of hydrogen-bond donors (Lipinski definition) is 2. The maximum absolute atomic E-state index is 13.2. The second-order valence-electron chi connectivity index (χ2n) is 8.60. The molecule has 1 aliphatic rings. The van der Waals surface area contributed by atoms with Crippen LogP contribution < -0.4 is 10.3 Å². The van der Waals surface area contributed by atoms with Crippen molar-refractivity contribution < 1.29 is 9.90 Å². The van der Waals surface area contributed by atoms with Crippen molar-refractivity contribution in [3.63, 3.8) is 0 Å². The lowest BCUT2D eigenvalue weighted by atomic mass is 10.1. The number of nitrogens with one attached hydrogen (secondary N) is 1. The molecule has 1 amide bonds. The highest BCUT2D eigenvalue weighted by molar-refractivity contribution is 6.32. The van der Waals surface area contributed by atoms with Crippen LogP contribution in [-0.4, -0.2) is 38.9 Å². The summed E-state index contributed by atoms with van der Waals surface area (Å²) < 4.78 is 2.04. The van der Waals surface area contributed by atoms with Gasteiger partial charge in [0.2, 0.25) is 0 Å². The third-order valence-corrected chi connectivity index (χ3v) is 6.02. The van der Waals surface area contributed by atoms with Crippen molar-refractivity contribution in [3.8, 4) is 0 Å². The van der Waals surface area contributed by atoms with Crippen molar-refractivity contribution in [2.45, 2.75) is 26.1 Å². The molecule has 0 saturated heterocycles. The monoisotopic (exact) mass is 465 g/mol. The number of rotatable bonds is 8. The van der Waals surface area contributed by atoms with Crippen molar-refractivity contribution in [1.82, 2.24) is 14.9 Å². The molecule has 3 heterocycles. The molecule has 0 aliphatic carbocycles. The average molecular weight is 466 g/mol. The number of aliphatic hydroxyl groups is 1. The van der Waals surface area contributed by atoms with Gasteiger partial charge in [-0.1, -0.05) is 42.5 Å². The van der Waals surface area contributed by atoms with E-state index in [1.54, 1.807) is 6.20 Å². The number of aliphatic hydroxyl groups excluding tert-OH is 1. The van der Waals surface area contributed by atoms with E-state index < -0.39 is 6.10 Å². The van der Waals surface area contributed by atoms with Crippen LogP contribution >= 0.6 is 0 Å². The lowest BCUT2D eigenvalue weighted by Crippen LogP contribution is -2.29. The van der Waals surface area contributed by atoms with E-state index in [4.69, 9.17) is 0 Å². The lowest BCUT2D eigenvalue weighted by Gasteiger charge is -2.13. The topological polar surface area (TPSA) is 82.8 Å². The maximum atomic E-state index is 13.2. The van der Waals surface area contributed by atoms with Gasteiger partial charge < -0.3 is 15.0 Å². The number of carbonyl (C=O) groups is 1. The van der Waals surface area contributed by atoms with Gasteiger partial charge in [0.25, 0.3) is 5.91 Å². The maximum Gasteiger partial charge on any atom is 0.280 e. The Hall–Kier alpha value is -4.07. The quantitative estimate of drug-likeness (QED) is 0.386. The largest absolute Gasteiger partial charge is 0.390 e. The van der Waals surface area contributed by atoms with Crippen LogP contribution in [0.15, 0.2) is 96.0 Å². The van der Waals surface area contributed by atoms with E-state index >= 15 is 0 Å². The summed E-state index contributed by atoms with van der Waals surface area (Å²) in [6.45, 7) is 3.38. The van der Waals surface area contributed by atoms with Gasteiger partial charge in [-0.05, 0) is 42.8 Å². The van der Waals surface area contributed by atoms with Gasteiger partial charge in [0.1, 0.15) is 0 Å². The first kappa shape index (κ1) is 22.7. The second-order valence-corrected chi connectivity index (χ2v) is 8.60. The minimum atomic E-state index is -0.576. The Labute approximate surface area is 204 Å². The Morgan fingerprint density at radius 1 is 1.06 bits per heavy atom. The minimum Gasteiger partial charge on any atom is -0.390 e. The smallest absolute Gasteiger partial charge is 0.280 e. The van der Waals surface area contributed by atoms with Crippen molar-refractivity contribution in [2.24, 2.45) is 5.10 Å². The van der Waals surface area contributed by atoms with E-state index in [9.17, 15) is 9.90 Å². The van der Waals surface area contributed by atoms with Gasteiger partial charge >= 0.3 is 0 Å². The number of amides is 1. The highest BCUT2D eigenvalue weighted by Crippen LogP contribution is 2.28. The summed E-state index contributed by atoms with van der Waals surface area (Å²) in [5.41, 5.74) is 4.98. The number of benzene rings is 2. The highest BCUT2D eigenvalue weighted by Gasteiger charge is 2.29. The number of carbonyl (C=O) groups excluding carboxylic acids is 1. The van der Waals surface area contributed by atoms with E-state index in [0.717, 1.165) is 27.7 Å². The fourth-order valence-corrected chi connectivity index (χ4v) is 4.30. The molecule has 2 aromatic heterocycles. The molecule has 2 N–H and O–H groups in total. The molecule has 5 rings (SSSR count). The number of hydrogen-bond acceptors (Lipinski definition) is 5. The summed E-state index contributed by atoms with van der Waals surface area (Å²) >= 11 is 0. The molecule has 35 heavy (non-hydrogen) atoms. The zero-order chi connectivity index (χ0) is 24.2. The van der Waals surface area contributed by atoms with E-state index in [-0.39, 0.29) is 5.91 Å². The van der Waals surface area contributed by atoms with E-state index in [1.165, 1.54) is 5.01 Å². The van der Waals surface area contributed by atoms with Gasteiger partial charge in [0.05, 0.1) is 23.1 Å². The highest BCUT2D eigenvalue weighted by atomic mass is 16.3. The molecule has 1 aliphatic heterocycles. The minimum absolute atomic E-state index is 0.148. The van der Waals surface area contributed by atoms with Crippen LogP contribution in [0.5, 0.6) is 0 Å². The standard InChI is InChI=1S/C28H27N5O2/c1-20-26(28(35)33(31-20)23-9-3-2-4-10-23)14-22-18-32(27-12-6-5-11-25(22)27)19-24(34)17-30-16-21-8-7-13-29-15-21/h2-15,18,24,30,34H,16-17,19H2,1H3. The molecule has 7 heteroatoms. The first-order chi connectivity index (χ1) is 17.1. The number of aromatic nitrogens is 2. The van der Waals surface area contributed by atoms with Crippen molar-refractivity contribution in [3.05, 3.63) is 102 Å². The normalized spacial score (nSPS) is 15.7. The predicted molar refractivity (Wildman–Crippen MR) is 139 cm³/mol. The Morgan fingerprint density at radius 3 is 2.66 bits per heavy atom. The number of para-hydroxylation sites is 2. The summed E-state index contributed by atoms with van der Waals surface area (Å²) in [7, 11) is 0. The molecule has 1 atom stereocenters. The molecule has 0 saturated carbocycles. The molecule has 0 bridgehead atoms. The first-order valence-electron chi connectivity index (χ1n) is 11.6. The predicted octanol–water partition coefficient (Wildman–Crippen LogP) is 3.99. The first-order valence-corrected chi connectivity index (χ1v) is 11.6. The van der Waals surface area contributed by atoms with Gasteiger partial charge in [-0.3, -0.25) is 9.78 Å². The van der Waals surface area contributed by atoms with Crippen LogP contribution in [0.2, 0.25) is 0 Å². The summed E-state index contributed by atoms with van der Waals surface area (Å²) in [6.07, 6.45) is 6.87. The summed E-state index contributed by atoms with van der Waals surface area (Å²) in [6, 6.07) is 21.3. The van der Waals surface area contributed by atoms with Crippen LogP contribution in [0.3, 0.4) is 0 Å². The van der Waals surface area contributed by atoms with Crippen molar-refractivity contribution in [1.29, 1.82) is 0 Å². The van der Waals surface area contributed by atoms with Crippen molar-refractivity contribution >= 4 is 34.3 Å². The Kier molecular flexibility index (Phi) is 6.52. The number of hydrazone groups is 1. The summed E-state index contributed by atoms with van der Waals surface area (Å²) in [5.74, 6) is -0.148.